The molecule has 1 aromatic rings. The predicted molar refractivity (Wildman–Crippen MR) is 71.4 cm³/mol. The lowest BCUT2D eigenvalue weighted by molar-refractivity contribution is 0.300. The van der Waals surface area contributed by atoms with E-state index >= 15 is 0 Å². The van der Waals surface area contributed by atoms with E-state index in [1.54, 1.807) is 4.68 Å². The van der Waals surface area contributed by atoms with Gasteiger partial charge in [0.15, 0.2) is 15.7 Å². The molecule has 0 bridgehead atoms. The zero-order valence-corrected chi connectivity index (χ0v) is 12.4. The van der Waals surface area contributed by atoms with Gasteiger partial charge < -0.3 is 5.32 Å². The Kier molecular flexibility index (Phi) is 3.91. The number of rotatable bonds is 5. The van der Waals surface area contributed by atoms with Gasteiger partial charge in [-0.25, -0.2) is 13.1 Å². The van der Waals surface area contributed by atoms with E-state index in [1.165, 1.54) is 0 Å². The minimum Gasteiger partial charge on any atom is -0.307 e. The van der Waals surface area contributed by atoms with Crippen LogP contribution in [0.2, 0.25) is 0 Å². The molecule has 108 valence electrons. The van der Waals surface area contributed by atoms with Crippen molar-refractivity contribution in [2.45, 2.75) is 45.2 Å². The first-order chi connectivity index (χ1) is 8.88. The average Bonchev–Trinajstić information content (AvgIpc) is 2.92. The largest absolute Gasteiger partial charge is 0.307 e. The van der Waals surface area contributed by atoms with Crippen LogP contribution >= 0.6 is 0 Å². The standard InChI is InChI=1S/C11H21N5O2S/c1-4-6-12-9(2)10-13-14-15-16(10)11(3)5-7-19(17,18)8-11/h9,12H,4-8H2,1-3H3. The molecule has 2 atom stereocenters. The minimum absolute atomic E-state index is 0.00933. The summed E-state index contributed by atoms with van der Waals surface area (Å²) in [5.41, 5.74) is -0.528. The van der Waals surface area contributed by atoms with Crippen molar-refractivity contribution in [1.29, 1.82) is 0 Å². The molecule has 7 nitrogen and oxygen atoms in total. The van der Waals surface area contributed by atoms with Crippen LogP contribution in [0, 0.1) is 0 Å². The summed E-state index contributed by atoms with van der Waals surface area (Å²) >= 11 is 0. The molecule has 0 saturated carbocycles. The normalized spacial score (nSPS) is 27.5. The predicted octanol–water partition coefficient (Wildman–Crippen LogP) is 0.267. The molecule has 2 heterocycles. The number of sulfone groups is 1. The molecule has 19 heavy (non-hydrogen) atoms. The molecule has 2 unspecified atom stereocenters. The quantitative estimate of drug-likeness (QED) is 0.836. The van der Waals surface area contributed by atoms with Crippen LogP contribution in [0.15, 0.2) is 0 Å². The van der Waals surface area contributed by atoms with E-state index in [2.05, 4.69) is 27.8 Å². The molecule has 0 spiro atoms. The highest BCUT2D eigenvalue weighted by Gasteiger charge is 2.42. The van der Waals surface area contributed by atoms with E-state index in [0.29, 0.717) is 12.2 Å². The van der Waals surface area contributed by atoms with Gasteiger partial charge in [-0.15, -0.1) is 5.10 Å². The topological polar surface area (TPSA) is 89.8 Å². The third kappa shape index (κ3) is 2.94. The van der Waals surface area contributed by atoms with Crippen molar-refractivity contribution in [2.24, 2.45) is 0 Å². The number of aromatic nitrogens is 4. The number of nitrogens with one attached hydrogen (secondary N) is 1. The summed E-state index contributed by atoms with van der Waals surface area (Å²) in [6.45, 7) is 6.87. The molecule has 2 rings (SSSR count). The third-order valence-electron chi connectivity index (χ3n) is 3.58. The number of hydrogen-bond acceptors (Lipinski definition) is 6. The molecule has 0 amide bonds. The van der Waals surface area contributed by atoms with Crippen LogP contribution in [0.3, 0.4) is 0 Å². The summed E-state index contributed by atoms with van der Waals surface area (Å²) in [5, 5.41) is 15.1. The van der Waals surface area contributed by atoms with Crippen molar-refractivity contribution in [1.82, 2.24) is 25.5 Å². The Hall–Kier alpha value is -1.02. The van der Waals surface area contributed by atoms with Gasteiger partial charge in [0.1, 0.15) is 0 Å². The van der Waals surface area contributed by atoms with E-state index in [-0.39, 0.29) is 17.5 Å². The molecule has 0 aliphatic carbocycles. The molecule has 1 aliphatic heterocycles. The van der Waals surface area contributed by atoms with E-state index in [4.69, 9.17) is 0 Å². The van der Waals surface area contributed by atoms with Crippen molar-refractivity contribution < 1.29 is 8.42 Å². The zero-order chi connectivity index (χ0) is 14.1. The summed E-state index contributed by atoms with van der Waals surface area (Å²) < 4.78 is 25.1. The molecule has 1 aromatic heterocycles. The Balaban J connectivity index is 2.25. The number of tetrazole rings is 1. The summed E-state index contributed by atoms with van der Waals surface area (Å²) in [4.78, 5) is 0. The lowest BCUT2D eigenvalue weighted by atomic mass is 10.0. The van der Waals surface area contributed by atoms with Gasteiger partial charge in [-0.3, -0.25) is 0 Å². The molecule has 1 saturated heterocycles. The molecule has 1 fully saturated rings. The maximum atomic E-state index is 11.7. The van der Waals surface area contributed by atoms with Crippen LogP contribution in [0.1, 0.15) is 45.5 Å². The summed E-state index contributed by atoms with van der Waals surface area (Å²) in [7, 11) is -2.98. The monoisotopic (exact) mass is 287 g/mol. The van der Waals surface area contributed by atoms with Gasteiger partial charge in [0.2, 0.25) is 0 Å². The average molecular weight is 287 g/mol. The Morgan fingerprint density at radius 2 is 2.26 bits per heavy atom. The van der Waals surface area contributed by atoms with Crippen LogP contribution in [-0.2, 0) is 15.4 Å². The van der Waals surface area contributed by atoms with Crippen LogP contribution in [-0.4, -0.2) is 46.7 Å². The minimum atomic E-state index is -2.98. The van der Waals surface area contributed by atoms with Gasteiger partial charge in [0.05, 0.1) is 23.1 Å². The Bertz CT molecular complexity index is 541. The first-order valence-corrected chi connectivity index (χ1v) is 8.43. The van der Waals surface area contributed by atoms with Crippen molar-refractivity contribution >= 4 is 9.84 Å². The molecule has 0 radical (unpaired) electrons. The molecular weight excluding hydrogens is 266 g/mol. The van der Waals surface area contributed by atoms with Crippen molar-refractivity contribution in [3.63, 3.8) is 0 Å². The third-order valence-corrected chi connectivity index (χ3v) is 5.46. The Morgan fingerprint density at radius 3 is 2.84 bits per heavy atom. The second kappa shape index (κ2) is 5.16. The van der Waals surface area contributed by atoms with Gasteiger partial charge in [-0.2, -0.15) is 0 Å². The Labute approximate surface area is 113 Å². The maximum Gasteiger partial charge on any atom is 0.168 e. The second-order valence-corrected chi connectivity index (χ2v) is 7.65. The molecule has 1 N–H and O–H groups in total. The summed E-state index contributed by atoms with van der Waals surface area (Å²) in [6, 6.07) is 0.00933. The van der Waals surface area contributed by atoms with E-state index in [9.17, 15) is 8.42 Å². The smallest absolute Gasteiger partial charge is 0.168 e. The van der Waals surface area contributed by atoms with Gasteiger partial charge in [-0.1, -0.05) is 6.92 Å². The van der Waals surface area contributed by atoms with E-state index in [0.717, 1.165) is 13.0 Å². The van der Waals surface area contributed by atoms with E-state index in [1.807, 2.05) is 13.8 Å². The Morgan fingerprint density at radius 1 is 1.53 bits per heavy atom. The van der Waals surface area contributed by atoms with Gasteiger partial charge >= 0.3 is 0 Å². The lowest BCUT2D eigenvalue weighted by Gasteiger charge is -2.25. The van der Waals surface area contributed by atoms with Crippen molar-refractivity contribution in [2.75, 3.05) is 18.1 Å². The first kappa shape index (κ1) is 14.4. The zero-order valence-electron chi connectivity index (χ0n) is 11.6. The SMILES string of the molecule is CCCNC(C)c1nnnn1C1(C)CCS(=O)(=O)C1. The number of nitrogens with zero attached hydrogens (tertiary/aromatic N) is 4. The van der Waals surface area contributed by atoms with Gasteiger partial charge in [0.25, 0.3) is 0 Å². The van der Waals surface area contributed by atoms with Crippen molar-refractivity contribution in [3.8, 4) is 0 Å². The van der Waals surface area contributed by atoms with Gasteiger partial charge in [-0.05, 0) is 43.7 Å². The summed E-state index contributed by atoms with van der Waals surface area (Å²) in [5.74, 6) is 1.02. The molecule has 8 heteroatoms. The maximum absolute atomic E-state index is 11.7. The van der Waals surface area contributed by atoms with Crippen LogP contribution in [0.4, 0.5) is 0 Å². The first-order valence-electron chi connectivity index (χ1n) is 6.60. The van der Waals surface area contributed by atoms with Crippen LogP contribution in [0.25, 0.3) is 0 Å². The van der Waals surface area contributed by atoms with Crippen LogP contribution < -0.4 is 5.32 Å². The lowest BCUT2D eigenvalue weighted by Crippen LogP contribution is -2.36. The molecule has 0 aromatic carbocycles. The van der Waals surface area contributed by atoms with Gasteiger partial charge in [0, 0.05) is 0 Å². The highest BCUT2D eigenvalue weighted by atomic mass is 32.2. The van der Waals surface area contributed by atoms with Crippen LogP contribution in [0.5, 0.6) is 0 Å². The summed E-state index contributed by atoms with van der Waals surface area (Å²) in [6.07, 6.45) is 1.59. The highest BCUT2D eigenvalue weighted by Crippen LogP contribution is 2.31. The molecular formula is C11H21N5O2S. The fourth-order valence-corrected chi connectivity index (χ4v) is 4.57. The highest BCUT2D eigenvalue weighted by molar-refractivity contribution is 7.91. The molecule has 1 aliphatic rings. The fraction of sp³-hybridized carbons (Fsp3) is 0.909. The number of hydrogen-bond donors (Lipinski definition) is 1. The van der Waals surface area contributed by atoms with Crippen molar-refractivity contribution in [3.05, 3.63) is 5.82 Å². The van der Waals surface area contributed by atoms with E-state index < -0.39 is 15.4 Å². The fourth-order valence-electron chi connectivity index (χ4n) is 2.46. The second-order valence-electron chi connectivity index (χ2n) is 5.46.